The Hall–Kier alpha value is -1.88. The third kappa shape index (κ3) is 3.61. The summed E-state index contributed by atoms with van der Waals surface area (Å²) in [4.78, 5) is 25.7. The molecule has 0 unspecified atom stereocenters. The Labute approximate surface area is 125 Å². The van der Waals surface area contributed by atoms with E-state index in [0.717, 1.165) is 37.2 Å². The molecule has 2 rings (SSSR count). The standard InChI is InChI=1S/C16H22N2O3/c1-11(16(17)20)18-9-7-13(8-10-18)15(19)12-3-5-14(21-2)6-4-12/h3-6,11,13H,7-10H2,1-2H3,(H2,17,20)/t11-/m1/s1. The number of nitrogens with zero attached hydrogens (tertiary/aromatic N) is 1. The number of hydrogen-bond acceptors (Lipinski definition) is 4. The quantitative estimate of drug-likeness (QED) is 0.833. The van der Waals surface area contributed by atoms with E-state index < -0.39 is 0 Å². The van der Waals surface area contributed by atoms with Gasteiger partial charge in [0.1, 0.15) is 5.75 Å². The first kappa shape index (κ1) is 15.5. The summed E-state index contributed by atoms with van der Waals surface area (Å²) in [6, 6.07) is 6.95. The van der Waals surface area contributed by atoms with Gasteiger partial charge in [-0.25, -0.2) is 0 Å². The molecule has 0 aliphatic carbocycles. The minimum atomic E-state index is -0.310. The predicted octanol–water partition coefficient (Wildman–Crippen LogP) is 1.46. The Bertz CT molecular complexity index is 505. The normalized spacial score (nSPS) is 18.2. The maximum Gasteiger partial charge on any atom is 0.234 e. The molecule has 1 amide bonds. The van der Waals surface area contributed by atoms with Gasteiger partial charge in [-0.05, 0) is 57.1 Å². The van der Waals surface area contributed by atoms with Gasteiger partial charge in [-0.3, -0.25) is 14.5 Å². The summed E-state index contributed by atoms with van der Waals surface area (Å²) in [5.74, 6) is 0.630. The van der Waals surface area contributed by atoms with Gasteiger partial charge in [0.25, 0.3) is 0 Å². The minimum absolute atomic E-state index is 0.0229. The van der Waals surface area contributed by atoms with Gasteiger partial charge in [0.05, 0.1) is 13.2 Å². The van der Waals surface area contributed by atoms with E-state index in [1.54, 1.807) is 31.4 Å². The highest BCUT2D eigenvalue weighted by Gasteiger charge is 2.29. The van der Waals surface area contributed by atoms with Gasteiger partial charge >= 0.3 is 0 Å². The van der Waals surface area contributed by atoms with Crippen LogP contribution in [-0.2, 0) is 4.79 Å². The van der Waals surface area contributed by atoms with Crippen molar-refractivity contribution in [1.29, 1.82) is 0 Å². The highest BCUT2D eigenvalue weighted by Crippen LogP contribution is 2.24. The van der Waals surface area contributed by atoms with Crippen LogP contribution in [0, 0.1) is 5.92 Å². The van der Waals surface area contributed by atoms with E-state index in [-0.39, 0.29) is 23.7 Å². The fourth-order valence-corrected chi connectivity index (χ4v) is 2.72. The van der Waals surface area contributed by atoms with Crippen LogP contribution in [0.4, 0.5) is 0 Å². The maximum absolute atomic E-state index is 12.5. The molecule has 5 nitrogen and oxygen atoms in total. The van der Waals surface area contributed by atoms with Gasteiger partial charge < -0.3 is 10.5 Å². The zero-order valence-electron chi connectivity index (χ0n) is 12.5. The molecule has 0 radical (unpaired) electrons. The summed E-state index contributed by atoms with van der Waals surface area (Å²) in [6.45, 7) is 3.28. The number of ketones is 1. The largest absolute Gasteiger partial charge is 0.497 e. The summed E-state index contributed by atoms with van der Waals surface area (Å²) in [5, 5.41) is 0. The Morgan fingerprint density at radius 3 is 2.29 bits per heavy atom. The first-order chi connectivity index (χ1) is 10.0. The highest BCUT2D eigenvalue weighted by atomic mass is 16.5. The average molecular weight is 290 g/mol. The molecule has 0 bridgehead atoms. The molecule has 2 N–H and O–H groups in total. The van der Waals surface area contributed by atoms with Gasteiger partial charge in [0, 0.05) is 11.5 Å². The zero-order chi connectivity index (χ0) is 15.4. The Morgan fingerprint density at radius 1 is 1.24 bits per heavy atom. The van der Waals surface area contributed by atoms with Crippen LogP contribution in [0.2, 0.25) is 0 Å². The molecule has 1 heterocycles. The summed E-state index contributed by atoms with van der Waals surface area (Å²) >= 11 is 0. The Balaban J connectivity index is 1.95. The Morgan fingerprint density at radius 2 is 1.81 bits per heavy atom. The zero-order valence-corrected chi connectivity index (χ0v) is 12.5. The maximum atomic E-state index is 12.5. The second-order valence-corrected chi connectivity index (χ2v) is 5.48. The fraction of sp³-hybridized carbons (Fsp3) is 0.500. The van der Waals surface area contributed by atoms with Gasteiger partial charge in [0.15, 0.2) is 5.78 Å². The molecule has 1 fully saturated rings. The van der Waals surface area contributed by atoms with Crippen molar-refractivity contribution in [3.8, 4) is 5.75 Å². The van der Waals surface area contributed by atoms with Gasteiger partial charge in [-0.1, -0.05) is 0 Å². The lowest BCUT2D eigenvalue weighted by Gasteiger charge is -2.34. The molecule has 0 aromatic heterocycles. The van der Waals surface area contributed by atoms with Gasteiger partial charge in [0.2, 0.25) is 5.91 Å². The van der Waals surface area contributed by atoms with E-state index >= 15 is 0 Å². The molecule has 1 saturated heterocycles. The number of primary amides is 1. The fourth-order valence-electron chi connectivity index (χ4n) is 2.72. The number of amides is 1. The molecule has 1 aliphatic rings. The van der Waals surface area contributed by atoms with E-state index in [9.17, 15) is 9.59 Å². The monoisotopic (exact) mass is 290 g/mol. The first-order valence-electron chi connectivity index (χ1n) is 7.24. The highest BCUT2D eigenvalue weighted by molar-refractivity contribution is 5.98. The number of benzene rings is 1. The van der Waals surface area contributed by atoms with Crippen molar-refractivity contribution in [2.24, 2.45) is 11.7 Å². The van der Waals surface area contributed by atoms with Crippen molar-refractivity contribution in [1.82, 2.24) is 4.90 Å². The molecular formula is C16H22N2O3. The van der Waals surface area contributed by atoms with Crippen molar-refractivity contribution in [2.75, 3.05) is 20.2 Å². The number of Topliss-reactive ketones (excluding diaryl/α,β-unsaturated/α-hetero) is 1. The summed E-state index contributed by atoms with van der Waals surface area (Å²) in [5.41, 5.74) is 6.04. The number of nitrogens with two attached hydrogens (primary N) is 1. The van der Waals surface area contributed by atoms with Crippen LogP contribution in [0.25, 0.3) is 0 Å². The average Bonchev–Trinajstić information content (AvgIpc) is 2.53. The molecule has 21 heavy (non-hydrogen) atoms. The van der Waals surface area contributed by atoms with Crippen LogP contribution in [0.5, 0.6) is 5.75 Å². The smallest absolute Gasteiger partial charge is 0.234 e. The van der Waals surface area contributed by atoms with Crippen molar-refractivity contribution < 1.29 is 14.3 Å². The Kier molecular flexibility index (Phi) is 4.96. The van der Waals surface area contributed by atoms with Gasteiger partial charge in [-0.15, -0.1) is 0 Å². The van der Waals surface area contributed by atoms with Crippen molar-refractivity contribution >= 4 is 11.7 Å². The van der Waals surface area contributed by atoms with E-state index in [2.05, 4.69) is 0 Å². The SMILES string of the molecule is COc1ccc(C(=O)C2CCN([C@H](C)C(N)=O)CC2)cc1. The molecule has 114 valence electrons. The molecule has 5 heteroatoms. The van der Waals surface area contributed by atoms with E-state index in [1.165, 1.54) is 0 Å². The second kappa shape index (κ2) is 6.72. The van der Waals surface area contributed by atoms with Crippen LogP contribution in [0.3, 0.4) is 0 Å². The topological polar surface area (TPSA) is 72.6 Å². The third-order valence-corrected chi connectivity index (χ3v) is 4.23. The summed E-state index contributed by atoms with van der Waals surface area (Å²) in [6.07, 6.45) is 1.53. The minimum Gasteiger partial charge on any atom is -0.497 e. The lowest BCUT2D eigenvalue weighted by molar-refractivity contribution is -0.123. The van der Waals surface area contributed by atoms with Crippen LogP contribution < -0.4 is 10.5 Å². The first-order valence-corrected chi connectivity index (χ1v) is 7.24. The molecule has 1 aromatic carbocycles. The van der Waals surface area contributed by atoms with Crippen LogP contribution in [0.1, 0.15) is 30.1 Å². The number of carbonyl (C=O) groups is 2. The molecule has 0 spiro atoms. The number of hydrogen-bond donors (Lipinski definition) is 1. The van der Waals surface area contributed by atoms with Crippen LogP contribution in [-0.4, -0.2) is 42.8 Å². The predicted molar refractivity (Wildman–Crippen MR) is 80.3 cm³/mol. The second-order valence-electron chi connectivity index (χ2n) is 5.48. The number of rotatable bonds is 5. The lowest BCUT2D eigenvalue weighted by Crippen LogP contribution is -2.47. The van der Waals surface area contributed by atoms with Crippen molar-refractivity contribution in [3.05, 3.63) is 29.8 Å². The third-order valence-electron chi connectivity index (χ3n) is 4.23. The van der Waals surface area contributed by atoms with E-state index in [4.69, 9.17) is 10.5 Å². The van der Waals surface area contributed by atoms with Crippen molar-refractivity contribution in [3.63, 3.8) is 0 Å². The molecule has 1 atom stereocenters. The van der Waals surface area contributed by atoms with E-state index in [1.807, 2.05) is 11.8 Å². The number of methoxy groups -OCH3 is 1. The number of likely N-dealkylation sites (tertiary alicyclic amines) is 1. The molecular weight excluding hydrogens is 268 g/mol. The number of carbonyl (C=O) groups excluding carboxylic acids is 2. The summed E-state index contributed by atoms with van der Waals surface area (Å²) < 4.78 is 5.10. The molecule has 1 aromatic rings. The number of piperidine rings is 1. The number of ether oxygens (including phenoxy) is 1. The van der Waals surface area contributed by atoms with Crippen molar-refractivity contribution in [2.45, 2.75) is 25.8 Å². The molecule has 1 aliphatic heterocycles. The lowest BCUT2D eigenvalue weighted by atomic mass is 9.88. The van der Waals surface area contributed by atoms with Gasteiger partial charge in [-0.2, -0.15) is 0 Å². The van der Waals surface area contributed by atoms with E-state index in [0.29, 0.717) is 0 Å². The van der Waals surface area contributed by atoms with Crippen LogP contribution in [0.15, 0.2) is 24.3 Å². The van der Waals surface area contributed by atoms with Crippen LogP contribution >= 0.6 is 0 Å². The summed E-state index contributed by atoms with van der Waals surface area (Å²) in [7, 11) is 1.60. The molecule has 0 saturated carbocycles.